The van der Waals surface area contributed by atoms with Crippen LogP contribution in [0.2, 0.25) is 0 Å². The molecule has 0 aromatic rings. The number of hydrogen-bond donors (Lipinski definition) is 2. The smallest absolute Gasteiger partial charge is 0.326 e. The van der Waals surface area contributed by atoms with Crippen molar-refractivity contribution in [3.63, 3.8) is 0 Å². The highest BCUT2D eigenvalue weighted by Crippen LogP contribution is 2.32. The van der Waals surface area contributed by atoms with Gasteiger partial charge in [0.25, 0.3) is 0 Å². The summed E-state index contributed by atoms with van der Waals surface area (Å²) in [6.07, 6.45) is 5.16. The number of carboxylic acid groups (broad SMARTS) is 1. The second-order valence-corrected chi connectivity index (χ2v) is 5.76. The molecule has 0 radical (unpaired) electrons. The molecular weight excluding hydrogens is 232 g/mol. The number of carboxylic acids is 1. The maximum atomic E-state index is 12.5. The van der Waals surface area contributed by atoms with Gasteiger partial charge in [-0.15, -0.1) is 0 Å². The lowest BCUT2D eigenvalue weighted by Gasteiger charge is -2.37. The first kappa shape index (κ1) is 13.3. The number of nitrogens with two attached hydrogens (primary N) is 1. The Labute approximate surface area is 107 Å². The third kappa shape index (κ3) is 2.23. The van der Waals surface area contributed by atoms with E-state index in [0.29, 0.717) is 19.4 Å². The molecule has 1 aliphatic carbocycles. The highest BCUT2D eigenvalue weighted by atomic mass is 16.4. The Morgan fingerprint density at radius 2 is 1.89 bits per heavy atom. The van der Waals surface area contributed by atoms with Crippen molar-refractivity contribution in [2.24, 2.45) is 11.7 Å². The number of carbonyl (C=O) groups is 2. The topological polar surface area (TPSA) is 83.6 Å². The number of likely N-dealkylation sites (tertiary alicyclic amines) is 1. The van der Waals surface area contributed by atoms with Crippen molar-refractivity contribution in [1.82, 2.24) is 4.90 Å². The molecule has 1 aliphatic heterocycles. The minimum Gasteiger partial charge on any atom is -0.480 e. The van der Waals surface area contributed by atoms with E-state index in [4.69, 9.17) is 5.73 Å². The van der Waals surface area contributed by atoms with Crippen LogP contribution < -0.4 is 5.73 Å². The molecule has 0 aromatic heterocycles. The minimum absolute atomic E-state index is 0.0126. The second-order valence-electron chi connectivity index (χ2n) is 5.76. The fourth-order valence-electron chi connectivity index (χ4n) is 3.23. The lowest BCUT2D eigenvalue weighted by atomic mass is 9.81. The van der Waals surface area contributed by atoms with Gasteiger partial charge in [-0.05, 0) is 25.2 Å². The van der Waals surface area contributed by atoms with Crippen LogP contribution in [0.3, 0.4) is 0 Å². The highest BCUT2D eigenvalue weighted by molar-refractivity contribution is 5.90. The van der Waals surface area contributed by atoms with Crippen LogP contribution in [-0.4, -0.2) is 40.0 Å². The first-order chi connectivity index (χ1) is 8.46. The van der Waals surface area contributed by atoms with Gasteiger partial charge in [-0.2, -0.15) is 0 Å². The van der Waals surface area contributed by atoms with E-state index in [2.05, 4.69) is 0 Å². The average Bonchev–Trinajstić information content (AvgIpc) is 2.71. The van der Waals surface area contributed by atoms with Gasteiger partial charge in [-0.3, -0.25) is 4.79 Å². The second kappa shape index (κ2) is 4.88. The number of rotatable bonds is 2. The third-order valence-corrected chi connectivity index (χ3v) is 4.39. The lowest BCUT2D eigenvalue weighted by molar-refractivity contribution is -0.152. The molecule has 102 valence electrons. The zero-order valence-corrected chi connectivity index (χ0v) is 10.9. The summed E-state index contributed by atoms with van der Waals surface area (Å²) in [5.74, 6) is -1.05. The predicted molar refractivity (Wildman–Crippen MR) is 66.9 cm³/mol. The summed E-state index contributed by atoms with van der Waals surface area (Å²) in [6, 6.07) is -0.695. The van der Waals surface area contributed by atoms with Gasteiger partial charge in [0.1, 0.15) is 6.04 Å². The monoisotopic (exact) mass is 254 g/mol. The molecule has 18 heavy (non-hydrogen) atoms. The summed E-state index contributed by atoms with van der Waals surface area (Å²) in [4.78, 5) is 25.3. The predicted octanol–water partition coefficient (Wildman–Crippen LogP) is 0.970. The molecule has 2 rings (SSSR count). The molecule has 2 fully saturated rings. The first-order valence-electron chi connectivity index (χ1n) is 6.78. The standard InChI is InChI=1S/C13H22N2O3/c1-9-5-8-15(10(9)11(16)17)12(18)13(14)6-3-2-4-7-13/h9-10H,2-8,14H2,1H3,(H,16,17). The summed E-state index contributed by atoms with van der Waals surface area (Å²) in [7, 11) is 0. The molecule has 2 atom stereocenters. The van der Waals surface area contributed by atoms with Gasteiger partial charge in [0.05, 0.1) is 5.54 Å². The molecule has 1 saturated carbocycles. The van der Waals surface area contributed by atoms with Crippen molar-refractivity contribution in [2.75, 3.05) is 6.54 Å². The Morgan fingerprint density at radius 1 is 1.28 bits per heavy atom. The van der Waals surface area contributed by atoms with Crippen molar-refractivity contribution in [3.8, 4) is 0 Å². The van der Waals surface area contributed by atoms with Gasteiger partial charge in [0, 0.05) is 6.54 Å². The summed E-state index contributed by atoms with van der Waals surface area (Å²) in [5.41, 5.74) is 5.38. The van der Waals surface area contributed by atoms with Gasteiger partial charge in [0.15, 0.2) is 0 Å². The molecule has 0 spiro atoms. The average molecular weight is 254 g/mol. The highest BCUT2D eigenvalue weighted by Gasteiger charge is 2.46. The summed E-state index contributed by atoms with van der Waals surface area (Å²) < 4.78 is 0. The molecule has 1 heterocycles. The Kier molecular flexibility index (Phi) is 3.61. The van der Waals surface area contributed by atoms with E-state index in [1.807, 2.05) is 6.92 Å². The van der Waals surface area contributed by atoms with E-state index in [1.54, 1.807) is 0 Å². The van der Waals surface area contributed by atoms with Crippen LogP contribution in [0.15, 0.2) is 0 Å². The lowest BCUT2D eigenvalue weighted by Crippen LogP contribution is -2.58. The van der Waals surface area contributed by atoms with Crippen molar-refractivity contribution in [2.45, 2.75) is 57.0 Å². The van der Waals surface area contributed by atoms with Crippen molar-refractivity contribution >= 4 is 11.9 Å². The van der Waals surface area contributed by atoms with Crippen LogP contribution >= 0.6 is 0 Å². The summed E-state index contributed by atoms with van der Waals surface area (Å²) >= 11 is 0. The number of amides is 1. The zero-order valence-electron chi connectivity index (χ0n) is 10.9. The molecule has 0 bridgehead atoms. The van der Waals surface area contributed by atoms with Crippen LogP contribution in [0.5, 0.6) is 0 Å². The van der Waals surface area contributed by atoms with E-state index in [9.17, 15) is 14.7 Å². The Balaban J connectivity index is 2.15. The van der Waals surface area contributed by atoms with Crippen molar-refractivity contribution in [3.05, 3.63) is 0 Å². The molecule has 1 amide bonds. The van der Waals surface area contributed by atoms with Gasteiger partial charge in [-0.25, -0.2) is 4.79 Å². The molecule has 5 heteroatoms. The van der Waals surface area contributed by atoms with E-state index >= 15 is 0 Å². The number of aliphatic carboxylic acids is 1. The van der Waals surface area contributed by atoms with E-state index in [1.165, 1.54) is 4.90 Å². The van der Waals surface area contributed by atoms with Crippen LogP contribution in [0.1, 0.15) is 45.4 Å². The zero-order chi connectivity index (χ0) is 13.3. The van der Waals surface area contributed by atoms with E-state index in [-0.39, 0.29) is 11.8 Å². The van der Waals surface area contributed by atoms with Crippen LogP contribution in [-0.2, 0) is 9.59 Å². The van der Waals surface area contributed by atoms with E-state index < -0.39 is 17.6 Å². The van der Waals surface area contributed by atoms with Gasteiger partial charge >= 0.3 is 5.97 Å². The third-order valence-electron chi connectivity index (χ3n) is 4.39. The number of carbonyl (C=O) groups excluding carboxylic acids is 1. The SMILES string of the molecule is CC1CCN(C(=O)C2(N)CCCCC2)C1C(=O)O. The molecule has 3 N–H and O–H groups in total. The molecular formula is C13H22N2O3. The van der Waals surface area contributed by atoms with Crippen LogP contribution in [0.4, 0.5) is 0 Å². The largest absolute Gasteiger partial charge is 0.480 e. The summed E-state index contributed by atoms with van der Waals surface area (Å²) in [5, 5.41) is 9.25. The molecule has 5 nitrogen and oxygen atoms in total. The molecule has 2 aliphatic rings. The maximum Gasteiger partial charge on any atom is 0.326 e. The quantitative estimate of drug-likeness (QED) is 0.769. The van der Waals surface area contributed by atoms with E-state index in [0.717, 1.165) is 25.7 Å². The minimum atomic E-state index is -0.909. The Hall–Kier alpha value is -1.10. The number of nitrogens with zero attached hydrogens (tertiary/aromatic N) is 1. The fraction of sp³-hybridized carbons (Fsp3) is 0.846. The number of hydrogen-bond acceptors (Lipinski definition) is 3. The van der Waals surface area contributed by atoms with Crippen LogP contribution in [0, 0.1) is 5.92 Å². The fourth-order valence-corrected chi connectivity index (χ4v) is 3.23. The van der Waals surface area contributed by atoms with Gasteiger partial charge in [0.2, 0.25) is 5.91 Å². The molecule has 2 unspecified atom stereocenters. The Morgan fingerprint density at radius 3 is 2.44 bits per heavy atom. The normalized spacial score (nSPS) is 31.3. The summed E-state index contributed by atoms with van der Waals surface area (Å²) in [6.45, 7) is 2.41. The van der Waals surface area contributed by atoms with Crippen molar-refractivity contribution < 1.29 is 14.7 Å². The van der Waals surface area contributed by atoms with Crippen molar-refractivity contribution in [1.29, 1.82) is 0 Å². The van der Waals surface area contributed by atoms with Gasteiger partial charge < -0.3 is 15.7 Å². The maximum absolute atomic E-state index is 12.5. The Bertz CT molecular complexity index is 350. The first-order valence-corrected chi connectivity index (χ1v) is 6.78. The van der Waals surface area contributed by atoms with Crippen LogP contribution in [0.25, 0.3) is 0 Å². The van der Waals surface area contributed by atoms with Gasteiger partial charge in [-0.1, -0.05) is 26.2 Å². The molecule has 1 saturated heterocycles. The molecule has 0 aromatic carbocycles.